The summed E-state index contributed by atoms with van der Waals surface area (Å²) in [5.41, 5.74) is 2.69. The van der Waals surface area contributed by atoms with Gasteiger partial charge in [0.15, 0.2) is 11.5 Å². The van der Waals surface area contributed by atoms with Gasteiger partial charge in [-0.05, 0) is 37.3 Å². The summed E-state index contributed by atoms with van der Waals surface area (Å²) in [4.78, 5) is 19.7. The number of nitrogens with one attached hydrogen (secondary N) is 2. The molecular formula is C16H15N3O3. The van der Waals surface area contributed by atoms with E-state index in [2.05, 4.69) is 15.3 Å². The number of ether oxygens (including phenoxy) is 1. The number of phenolic OH excluding ortho intramolecular Hbond substituents is 1. The van der Waals surface area contributed by atoms with E-state index in [4.69, 9.17) is 4.74 Å². The van der Waals surface area contributed by atoms with Crippen LogP contribution in [0.2, 0.25) is 0 Å². The predicted octanol–water partition coefficient (Wildman–Crippen LogP) is 2.84. The number of aromatic hydroxyl groups is 1. The summed E-state index contributed by atoms with van der Waals surface area (Å²) in [7, 11) is 1.45. The number of amides is 1. The molecule has 3 N–H and O–H groups in total. The first-order chi connectivity index (χ1) is 10.6. The SMILES string of the molecule is COc1cc(NC(=O)c2ccc3nc(C)[nH]c3c2)ccc1O. The van der Waals surface area contributed by atoms with Crippen molar-refractivity contribution in [2.45, 2.75) is 6.92 Å². The molecule has 0 spiro atoms. The summed E-state index contributed by atoms with van der Waals surface area (Å²) in [5, 5.41) is 12.3. The van der Waals surface area contributed by atoms with Gasteiger partial charge in [-0.1, -0.05) is 0 Å². The van der Waals surface area contributed by atoms with E-state index >= 15 is 0 Å². The lowest BCUT2D eigenvalue weighted by Gasteiger charge is -2.08. The first-order valence-electron chi connectivity index (χ1n) is 6.71. The number of aryl methyl sites for hydroxylation is 1. The van der Waals surface area contributed by atoms with E-state index in [0.717, 1.165) is 16.9 Å². The number of rotatable bonds is 3. The van der Waals surface area contributed by atoms with Gasteiger partial charge in [0, 0.05) is 17.3 Å². The second-order valence-electron chi connectivity index (χ2n) is 4.89. The molecule has 2 aromatic carbocycles. The minimum absolute atomic E-state index is 0.0230. The van der Waals surface area contributed by atoms with Crippen molar-refractivity contribution in [3.63, 3.8) is 0 Å². The monoisotopic (exact) mass is 297 g/mol. The third kappa shape index (κ3) is 2.58. The maximum Gasteiger partial charge on any atom is 0.255 e. The van der Waals surface area contributed by atoms with Crippen LogP contribution in [0.4, 0.5) is 5.69 Å². The molecule has 3 aromatic rings. The Morgan fingerprint density at radius 2 is 2.09 bits per heavy atom. The van der Waals surface area contributed by atoms with Gasteiger partial charge in [-0.2, -0.15) is 0 Å². The Kier molecular flexibility index (Phi) is 3.42. The molecule has 112 valence electrons. The van der Waals surface area contributed by atoms with Crippen LogP contribution >= 0.6 is 0 Å². The Morgan fingerprint density at radius 1 is 1.27 bits per heavy atom. The minimum atomic E-state index is -0.248. The molecule has 0 saturated heterocycles. The highest BCUT2D eigenvalue weighted by Gasteiger charge is 2.10. The smallest absolute Gasteiger partial charge is 0.255 e. The second-order valence-corrected chi connectivity index (χ2v) is 4.89. The Labute approximate surface area is 126 Å². The largest absolute Gasteiger partial charge is 0.504 e. The van der Waals surface area contributed by atoms with Crippen LogP contribution in [0.3, 0.4) is 0 Å². The molecule has 0 aliphatic rings. The van der Waals surface area contributed by atoms with Gasteiger partial charge in [0.2, 0.25) is 0 Å². The topological polar surface area (TPSA) is 87.2 Å². The van der Waals surface area contributed by atoms with E-state index in [-0.39, 0.29) is 11.7 Å². The maximum absolute atomic E-state index is 12.3. The Hall–Kier alpha value is -3.02. The molecule has 0 aliphatic heterocycles. The molecule has 1 aromatic heterocycles. The molecule has 3 rings (SSSR count). The first-order valence-corrected chi connectivity index (χ1v) is 6.71. The average molecular weight is 297 g/mol. The summed E-state index contributed by atoms with van der Waals surface area (Å²) in [5.74, 6) is 0.880. The lowest BCUT2D eigenvalue weighted by atomic mass is 10.2. The highest BCUT2D eigenvalue weighted by molar-refractivity contribution is 6.06. The zero-order chi connectivity index (χ0) is 15.7. The van der Waals surface area contributed by atoms with Crippen molar-refractivity contribution in [1.82, 2.24) is 9.97 Å². The molecule has 0 radical (unpaired) electrons. The molecule has 6 heteroatoms. The molecule has 0 aliphatic carbocycles. The molecule has 0 bridgehead atoms. The Morgan fingerprint density at radius 3 is 2.86 bits per heavy atom. The molecule has 1 heterocycles. The number of aromatic nitrogens is 2. The van der Waals surface area contributed by atoms with Crippen molar-refractivity contribution in [2.75, 3.05) is 12.4 Å². The quantitative estimate of drug-likeness (QED) is 0.649. The number of carbonyl (C=O) groups excluding carboxylic acids is 1. The van der Waals surface area contributed by atoms with E-state index in [0.29, 0.717) is 17.0 Å². The Balaban J connectivity index is 1.86. The molecule has 0 saturated carbocycles. The fraction of sp³-hybridized carbons (Fsp3) is 0.125. The maximum atomic E-state index is 12.3. The van der Waals surface area contributed by atoms with Crippen LogP contribution < -0.4 is 10.1 Å². The zero-order valence-corrected chi connectivity index (χ0v) is 12.2. The van der Waals surface area contributed by atoms with Gasteiger partial charge in [-0.25, -0.2) is 4.98 Å². The van der Waals surface area contributed by atoms with Crippen LogP contribution in [0.1, 0.15) is 16.2 Å². The van der Waals surface area contributed by atoms with Crippen molar-refractivity contribution in [2.24, 2.45) is 0 Å². The van der Waals surface area contributed by atoms with Gasteiger partial charge in [0.05, 0.1) is 18.1 Å². The molecule has 0 fully saturated rings. The van der Waals surface area contributed by atoms with Crippen LogP contribution in [0.25, 0.3) is 11.0 Å². The van der Waals surface area contributed by atoms with Crippen LogP contribution in [0, 0.1) is 6.92 Å². The molecule has 0 unspecified atom stereocenters. The summed E-state index contributed by atoms with van der Waals surface area (Å²) in [6.07, 6.45) is 0. The number of hydrogen-bond acceptors (Lipinski definition) is 4. The van der Waals surface area contributed by atoms with Crippen molar-refractivity contribution >= 4 is 22.6 Å². The Bertz CT molecular complexity index is 855. The molecule has 6 nitrogen and oxygen atoms in total. The number of methoxy groups -OCH3 is 1. The number of hydrogen-bond donors (Lipinski definition) is 3. The first kappa shape index (κ1) is 13.9. The van der Waals surface area contributed by atoms with Crippen molar-refractivity contribution in [1.29, 1.82) is 0 Å². The van der Waals surface area contributed by atoms with Gasteiger partial charge >= 0.3 is 0 Å². The normalized spacial score (nSPS) is 10.6. The fourth-order valence-electron chi connectivity index (χ4n) is 2.24. The minimum Gasteiger partial charge on any atom is -0.504 e. The van der Waals surface area contributed by atoms with E-state index in [1.807, 2.05) is 6.92 Å². The number of carbonyl (C=O) groups is 1. The van der Waals surface area contributed by atoms with Gasteiger partial charge in [0.1, 0.15) is 5.82 Å². The van der Waals surface area contributed by atoms with Gasteiger partial charge in [0.25, 0.3) is 5.91 Å². The van der Waals surface area contributed by atoms with Gasteiger partial charge in [-0.15, -0.1) is 0 Å². The molecule has 22 heavy (non-hydrogen) atoms. The summed E-state index contributed by atoms with van der Waals surface area (Å²) in [6, 6.07) is 9.90. The number of anilines is 1. The van der Waals surface area contributed by atoms with E-state index < -0.39 is 0 Å². The summed E-state index contributed by atoms with van der Waals surface area (Å²) < 4.78 is 5.02. The number of benzene rings is 2. The zero-order valence-electron chi connectivity index (χ0n) is 12.2. The number of phenols is 1. The highest BCUT2D eigenvalue weighted by atomic mass is 16.5. The number of aromatic amines is 1. The van der Waals surface area contributed by atoms with Crippen molar-refractivity contribution in [3.8, 4) is 11.5 Å². The summed E-state index contributed by atoms with van der Waals surface area (Å²) in [6.45, 7) is 1.86. The van der Waals surface area contributed by atoms with Crippen molar-refractivity contribution < 1.29 is 14.6 Å². The lowest BCUT2D eigenvalue weighted by molar-refractivity contribution is 0.102. The average Bonchev–Trinajstić information content (AvgIpc) is 2.88. The van der Waals surface area contributed by atoms with Gasteiger partial charge in [-0.3, -0.25) is 4.79 Å². The van der Waals surface area contributed by atoms with E-state index in [9.17, 15) is 9.90 Å². The summed E-state index contributed by atoms with van der Waals surface area (Å²) >= 11 is 0. The van der Waals surface area contributed by atoms with Crippen LogP contribution in [-0.4, -0.2) is 28.1 Å². The molecule has 1 amide bonds. The van der Waals surface area contributed by atoms with E-state index in [1.54, 1.807) is 30.3 Å². The third-order valence-corrected chi connectivity index (χ3v) is 3.30. The molecule has 0 atom stereocenters. The number of nitrogens with zero attached hydrogens (tertiary/aromatic N) is 1. The van der Waals surface area contributed by atoms with E-state index in [1.165, 1.54) is 13.2 Å². The molecular weight excluding hydrogens is 282 g/mol. The third-order valence-electron chi connectivity index (χ3n) is 3.30. The lowest BCUT2D eigenvalue weighted by Crippen LogP contribution is -2.11. The van der Waals surface area contributed by atoms with Gasteiger partial charge < -0.3 is 20.1 Å². The standard InChI is InChI=1S/C16H15N3O3/c1-9-17-12-5-3-10(7-13(12)18-9)16(21)19-11-4-6-14(20)15(8-11)22-2/h3-8,20H,1-2H3,(H,17,18)(H,19,21). The predicted molar refractivity (Wildman–Crippen MR) is 83.4 cm³/mol. The fourth-order valence-corrected chi connectivity index (χ4v) is 2.24. The highest BCUT2D eigenvalue weighted by Crippen LogP contribution is 2.28. The van der Waals surface area contributed by atoms with Crippen LogP contribution in [0.5, 0.6) is 11.5 Å². The number of fused-ring (bicyclic) bond motifs is 1. The number of imidazole rings is 1. The van der Waals surface area contributed by atoms with Crippen molar-refractivity contribution in [3.05, 3.63) is 47.8 Å². The van der Waals surface area contributed by atoms with Crippen LogP contribution in [0.15, 0.2) is 36.4 Å². The second kappa shape index (κ2) is 5.40. The number of H-pyrrole nitrogens is 1. The van der Waals surface area contributed by atoms with Crippen LogP contribution in [-0.2, 0) is 0 Å².